The van der Waals surface area contributed by atoms with Crippen LogP contribution in [0.5, 0.6) is 23.0 Å². The molecule has 0 aliphatic rings. The van der Waals surface area contributed by atoms with Gasteiger partial charge in [-0.2, -0.15) is 0 Å². The molecule has 5 heterocycles. The third-order valence-corrected chi connectivity index (χ3v) is 9.03. The van der Waals surface area contributed by atoms with Crippen LogP contribution < -0.4 is 9.47 Å². The zero-order valence-electron chi connectivity index (χ0n) is 29.5. The van der Waals surface area contributed by atoms with Crippen molar-refractivity contribution in [3.8, 4) is 46.0 Å². The number of pyridine rings is 2. The summed E-state index contributed by atoms with van der Waals surface area (Å²) in [5.41, 5.74) is 4.17. The van der Waals surface area contributed by atoms with Gasteiger partial charge in [0, 0.05) is 70.1 Å². The van der Waals surface area contributed by atoms with Crippen LogP contribution >= 0.6 is 0 Å². The molecule has 0 bridgehead atoms. The molecule has 0 fully saturated rings. The smallest absolute Gasteiger partial charge is 0.159 e. The highest BCUT2D eigenvalue weighted by atomic mass is 16.5. The molecule has 5 aromatic carbocycles. The van der Waals surface area contributed by atoms with E-state index in [2.05, 4.69) is 29.1 Å². The molecule has 246 valence electrons. The van der Waals surface area contributed by atoms with Crippen molar-refractivity contribution in [2.75, 3.05) is 0 Å². The van der Waals surface area contributed by atoms with Crippen molar-refractivity contribution in [3.63, 3.8) is 0 Å². The van der Waals surface area contributed by atoms with Crippen molar-refractivity contribution in [1.82, 2.24) is 29.1 Å². The molecule has 8 heteroatoms. The van der Waals surface area contributed by atoms with E-state index in [9.17, 15) is 0 Å². The van der Waals surface area contributed by atoms with E-state index in [-0.39, 0.29) is 0 Å². The quantitative estimate of drug-likeness (QED) is 0.167. The van der Waals surface area contributed by atoms with Crippen molar-refractivity contribution >= 4 is 43.6 Å². The fourth-order valence-electron chi connectivity index (χ4n) is 6.86. The number of aromatic nitrogens is 6. The molecule has 5 aromatic heterocycles. The number of nitrogens with zero attached hydrogens (tertiary/aromatic N) is 6. The zero-order chi connectivity index (χ0) is 36.2. The Bertz CT molecular complexity index is 2840. The summed E-state index contributed by atoms with van der Waals surface area (Å²) in [6, 6.07) is 42.8. The molecule has 10 aromatic rings. The summed E-state index contributed by atoms with van der Waals surface area (Å²) >= 11 is 0. The normalized spacial score (nSPS) is 12.0. The lowest BCUT2D eigenvalue weighted by atomic mass is 10.1. The second-order valence-electron chi connectivity index (χ2n) is 12.2. The fourth-order valence-corrected chi connectivity index (χ4v) is 6.86. The topological polar surface area (TPSA) is 79.9 Å². The lowest BCUT2D eigenvalue weighted by Crippen LogP contribution is -1.97. The molecule has 8 nitrogen and oxygen atoms in total. The minimum Gasteiger partial charge on any atom is -0.457 e. The lowest BCUT2D eigenvalue weighted by Gasteiger charge is -2.13. The number of benzene rings is 5. The van der Waals surface area contributed by atoms with Crippen LogP contribution in [0.15, 0.2) is 170 Å². The standard InChI is InChI=1S/C44H28N6O2/c1-3-12-38-34(10-1)36-18-16-30(27-40(36)49(38)42-14-5-7-20-45-42)51-32-24-29(44-47-22-9-23-48-44)25-33(26-32)52-31-17-19-37-35-11-2-4-13-39(35)50(41(37)28-31)43-15-6-8-21-46-43/h1-28H/i18D,19D. The Balaban J connectivity index is 1.10. The second-order valence-corrected chi connectivity index (χ2v) is 12.2. The van der Waals surface area contributed by atoms with Crippen molar-refractivity contribution in [3.05, 3.63) is 170 Å². The van der Waals surface area contributed by atoms with Crippen LogP contribution in [0.3, 0.4) is 0 Å². The highest BCUT2D eigenvalue weighted by Crippen LogP contribution is 2.39. The van der Waals surface area contributed by atoms with Gasteiger partial charge in [-0.15, -0.1) is 0 Å². The molecule has 0 saturated carbocycles. The first-order valence-corrected chi connectivity index (χ1v) is 16.8. The molecular weight excluding hydrogens is 645 g/mol. The highest BCUT2D eigenvalue weighted by Gasteiger charge is 2.17. The first kappa shape index (κ1) is 27.5. The van der Waals surface area contributed by atoms with Gasteiger partial charge in [-0.05, 0) is 78.8 Å². The average molecular weight is 675 g/mol. The third-order valence-electron chi connectivity index (χ3n) is 9.03. The molecule has 0 aliphatic heterocycles. The molecule has 0 aliphatic carbocycles. The van der Waals surface area contributed by atoms with E-state index >= 15 is 0 Å². The van der Waals surface area contributed by atoms with Crippen LogP contribution in [0.4, 0.5) is 0 Å². The van der Waals surface area contributed by atoms with Gasteiger partial charge < -0.3 is 9.47 Å². The van der Waals surface area contributed by atoms with E-state index in [0.29, 0.717) is 46.5 Å². The number of hydrogen-bond acceptors (Lipinski definition) is 6. The van der Waals surface area contributed by atoms with Crippen LogP contribution in [0, 0.1) is 0 Å². The molecule has 0 N–H and O–H groups in total. The van der Waals surface area contributed by atoms with E-state index in [1.165, 1.54) is 0 Å². The van der Waals surface area contributed by atoms with E-state index in [1.54, 1.807) is 49.1 Å². The van der Waals surface area contributed by atoms with Crippen molar-refractivity contribution < 1.29 is 12.2 Å². The van der Waals surface area contributed by atoms with Crippen molar-refractivity contribution in [1.29, 1.82) is 0 Å². The van der Waals surface area contributed by atoms with E-state index in [0.717, 1.165) is 55.2 Å². The summed E-state index contributed by atoms with van der Waals surface area (Å²) < 4.78 is 35.5. The molecule has 10 rings (SSSR count). The van der Waals surface area contributed by atoms with E-state index < -0.39 is 0 Å². The van der Waals surface area contributed by atoms with Crippen molar-refractivity contribution in [2.45, 2.75) is 0 Å². The zero-order valence-corrected chi connectivity index (χ0v) is 27.5. The second kappa shape index (κ2) is 12.2. The molecule has 0 atom stereocenters. The van der Waals surface area contributed by atoms with Crippen LogP contribution in [0.2, 0.25) is 0 Å². The van der Waals surface area contributed by atoms with Gasteiger partial charge >= 0.3 is 0 Å². The predicted molar refractivity (Wildman–Crippen MR) is 205 cm³/mol. The maximum absolute atomic E-state index is 9.12. The van der Waals surface area contributed by atoms with Gasteiger partial charge in [-0.3, -0.25) is 9.13 Å². The fraction of sp³-hybridized carbons (Fsp3) is 0. The Morgan fingerprint density at radius 2 is 0.885 bits per heavy atom. The highest BCUT2D eigenvalue weighted by molar-refractivity contribution is 6.10. The molecular formula is C44H28N6O2. The number of ether oxygens (including phenoxy) is 2. The molecule has 0 amide bonds. The van der Waals surface area contributed by atoms with Gasteiger partial charge in [0.1, 0.15) is 34.6 Å². The minimum absolute atomic E-state index is 0.326. The number of rotatable bonds is 7. The van der Waals surface area contributed by atoms with Gasteiger partial charge in [-0.25, -0.2) is 19.9 Å². The lowest BCUT2D eigenvalue weighted by molar-refractivity contribution is 0.461. The van der Waals surface area contributed by atoms with Crippen LogP contribution in [-0.2, 0) is 0 Å². The Hall–Kier alpha value is -7.32. The van der Waals surface area contributed by atoms with Crippen molar-refractivity contribution in [2.24, 2.45) is 0 Å². The maximum Gasteiger partial charge on any atom is 0.159 e. The third kappa shape index (κ3) is 5.09. The van der Waals surface area contributed by atoms with E-state index in [1.807, 2.05) is 109 Å². The molecule has 52 heavy (non-hydrogen) atoms. The van der Waals surface area contributed by atoms with Crippen LogP contribution in [-0.4, -0.2) is 29.1 Å². The summed E-state index contributed by atoms with van der Waals surface area (Å²) in [4.78, 5) is 18.3. The van der Waals surface area contributed by atoms with Gasteiger partial charge in [0.15, 0.2) is 5.82 Å². The molecule has 0 spiro atoms. The molecule has 0 saturated heterocycles. The maximum atomic E-state index is 9.12. The summed E-state index contributed by atoms with van der Waals surface area (Å²) in [7, 11) is 0. The predicted octanol–water partition coefficient (Wildman–Crippen LogP) is 10.7. The summed E-state index contributed by atoms with van der Waals surface area (Å²) in [6.45, 7) is 0. The van der Waals surface area contributed by atoms with E-state index in [4.69, 9.17) is 12.2 Å². The number of hydrogen-bond donors (Lipinski definition) is 0. The Kier molecular flexibility index (Phi) is 6.46. The SMILES string of the molecule is [2H]c1cc(Oc2cc(Oc3cc([2H])c4c5ccccc5n(-c5ccccn5)c4c3)cc(-c3ncccn3)c2)cc2c1c1ccccc1n2-c1ccccn1. The summed E-state index contributed by atoms with van der Waals surface area (Å²) in [6.07, 6.45) is 6.89. The summed E-state index contributed by atoms with van der Waals surface area (Å²) in [5.74, 6) is 3.84. The Labute approximate surface area is 300 Å². The van der Waals surface area contributed by atoms with Crippen LogP contribution in [0.1, 0.15) is 2.74 Å². The average Bonchev–Trinajstić information content (AvgIpc) is 3.72. The Morgan fingerprint density at radius 3 is 1.38 bits per heavy atom. The van der Waals surface area contributed by atoms with Gasteiger partial charge in [-0.1, -0.05) is 48.5 Å². The summed E-state index contributed by atoms with van der Waals surface area (Å²) in [5, 5.41) is 3.54. The monoisotopic (exact) mass is 674 g/mol. The largest absolute Gasteiger partial charge is 0.457 e. The first-order chi connectivity index (χ1) is 26.6. The van der Waals surface area contributed by atoms with Crippen LogP contribution in [0.25, 0.3) is 66.6 Å². The Morgan fingerprint density at radius 1 is 0.404 bits per heavy atom. The molecule has 0 unspecified atom stereocenters. The number of para-hydroxylation sites is 2. The van der Waals surface area contributed by atoms with Gasteiger partial charge in [0.2, 0.25) is 0 Å². The van der Waals surface area contributed by atoms with Gasteiger partial charge in [0.25, 0.3) is 0 Å². The van der Waals surface area contributed by atoms with Gasteiger partial charge in [0.05, 0.1) is 24.8 Å². The molecule has 0 radical (unpaired) electrons. The minimum atomic E-state index is 0.326. The first-order valence-electron chi connectivity index (χ1n) is 17.8. The number of fused-ring (bicyclic) bond motifs is 6.